The van der Waals surface area contributed by atoms with Crippen LogP contribution in [0.1, 0.15) is 30.0 Å². The van der Waals surface area contributed by atoms with Gasteiger partial charge in [-0.1, -0.05) is 42.8 Å². The van der Waals surface area contributed by atoms with Crippen molar-refractivity contribution in [2.75, 3.05) is 6.54 Å². The summed E-state index contributed by atoms with van der Waals surface area (Å²) in [4.78, 5) is 0. The minimum Gasteiger partial charge on any atom is -0.313 e. The second-order valence-electron chi connectivity index (χ2n) is 5.03. The van der Waals surface area contributed by atoms with Crippen molar-refractivity contribution in [1.29, 1.82) is 5.26 Å². The van der Waals surface area contributed by atoms with Crippen LogP contribution in [-0.2, 0) is 6.54 Å². The number of rotatable bonds is 5. The van der Waals surface area contributed by atoms with Crippen LogP contribution >= 0.6 is 0 Å². The van der Waals surface area contributed by atoms with Gasteiger partial charge in [0.2, 0.25) is 0 Å². The molecule has 1 N–H and O–H groups in total. The molecule has 2 heteroatoms. The van der Waals surface area contributed by atoms with Crippen LogP contribution in [0.15, 0.2) is 42.5 Å². The van der Waals surface area contributed by atoms with Gasteiger partial charge in [-0.05, 0) is 48.7 Å². The topological polar surface area (TPSA) is 35.8 Å². The summed E-state index contributed by atoms with van der Waals surface area (Å²) >= 11 is 0. The van der Waals surface area contributed by atoms with E-state index in [4.69, 9.17) is 5.26 Å². The van der Waals surface area contributed by atoms with Crippen LogP contribution in [-0.4, -0.2) is 6.54 Å². The van der Waals surface area contributed by atoms with Gasteiger partial charge in [0.15, 0.2) is 0 Å². The van der Waals surface area contributed by atoms with E-state index in [0.717, 1.165) is 25.1 Å². The first-order valence-electron chi connectivity index (χ1n) is 7.05. The van der Waals surface area contributed by atoms with E-state index >= 15 is 0 Å². The Hall–Kier alpha value is -2.11. The first-order chi connectivity index (χ1) is 9.74. The highest BCUT2D eigenvalue weighted by Crippen LogP contribution is 2.26. The van der Waals surface area contributed by atoms with E-state index in [0.29, 0.717) is 5.56 Å². The lowest BCUT2D eigenvalue weighted by Gasteiger charge is -2.12. The molecule has 20 heavy (non-hydrogen) atoms. The van der Waals surface area contributed by atoms with Crippen LogP contribution in [0.3, 0.4) is 0 Å². The average Bonchev–Trinajstić information content (AvgIpc) is 2.49. The van der Waals surface area contributed by atoms with Crippen LogP contribution in [0.4, 0.5) is 0 Å². The molecule has 0 fully saturated rings. The quantitative estimate of drug-likeness (QED) is 0.827. The summed E-state index contributed by atoms with van der Waals surface area (Å²) < 4.78 is 0. The molecule has 0 spiro atoms. The molecule has 2 rings (SSSR count). The van der Waals surface area contributed by atoms with Gasteiger partial charge in [-0.15, -0.1) is 0 Å². The maximum absolute atomic E-state index is 9.04. The number of aryl methyl sites for hydroxylation is 1. The van der Waals surface area contributed by atoms with Crippen LogP contribution in [0.2, 0.25) is 0 Å². The van der Waals surface area contributed by atoms with Crippen molar-refractivity contribution >= 4 is 0 Å². The number of nitrogens with zero attached hydrogens (tertiary/aromatic N) is 1. The zero-order chi connectivity index (χ0) is 14.4. The molecule has 102 valence electrons. The van der Waals surface area contributed by atoms with Gasteiger partial charge < -0.3 is 5.32 Å². The zero-order valence-corrected chi connectivity index (χ0v) is 12.1. The lowest BCUT2D eigenvalue weighted by Crippen LogP contribution is -2.14. The highest BCUT2D eigenvalue weighted by atomic mass is 14.8. The predicted molar refractivity (Wildman–Crippen MR) is 83.3 cm³/mol. The summed E-state index contributed by atoms with van der Waals surface area (Å²) in [7, 11) is 0. The number of benzene rings is 2. The van der Waals surface area contributed by atoms with Gasteiger partial charge in [-0.25, -0.2) is 0 Å². The average molecular weight is 264 g/mol. The monoisotopic (exact) mass is 264 g/mol. The van der Waals surface area contributed by atoms with Crippen molar-refractivity contribution in [3.8, 4) is 17.2 Å². The summed E-state index contributed by atoms with van der Waals surface area (Å²) in [6, 6.07) is 16.5. The predicted octanol–water partition coefficient (Wildman–Crippen LogP) is 4.03. The van der Waals surface area contributed by atoms with Crippen molar-refractivity contribution in [1.82, 2.24) is 5.32 Å². The standard InChI is InChI=1S/C18H20N2/c1-3-9-20-13-17-8-7-14(2)10-18(17)16-6-4-5-15(11-16)12-19/h4-8,10-11,20H,3,9,13H2,1-2H3. The van der Waals surface area contributed by atoms with Gasteiger partial charge in [0.25, 0.3) is 0 Å². The Morgan fingerprint density at radius 1 is 1.15 bits per heavy atom. The van der Waals surface area contributed by atoms with Crippen LogP contribution in [0, 0.1) is 18.3 Å². The molecule has 0 atom stereocenters. The van der Waals surface area contributed by atoms with E-state index in [1.165, 1.54) is 16.7 Å². The molecule has 0 aliphatic carbocycles. The molecule has 0 aromatic heterocycles. The van der Waals surface area contributed by atoms with Gasteiger partial charge in [0.1, 0.15) is 0 Å². The molecular formula is C18H20N2. The lowest BCUT2D eigenvalue weighted by molar-refractivity contribution is 0.676. The number of nitrogens with one attached hydrogen (secondary N) is 1. The van der Waals surface area contributed by atoms with E-state index in [9.17, 15) is 0 Å². The summed E-state index contributed by atoms with van der Waals surface area (Å²) in [5.41, 5.74) is 5.55. The van der Waals surface area contributed by atoms with Gasteiger partial charge in [0, 0.05) is 6.54 Å². The van der Waals surface area contributed by atoms with Crippen LogP contribution < -0.4 is 5.32 Å². The van der Waals surface area contributed by atoms with Gasteiger partial charge in [-0.2, -0.15) is 5.26 Å². The Morgan fingerprint density at radius 3 is 2.75 bits per heavy atom. The van der Waals surface area contributed by atoms with Gasteiger partial charge in [0.05, 0.1) is 11.6 Å². The van der Waals surface area contributed by atoms with Crippen LogP contribution in [0.5, 0.6) is 0 Å². The molecule has 2 nitrogen and oxygen atoms in total. The van der Waals surface area contributed by atoms with Crippen molar-refractivity contribution < 1.29 is 0 Å². The fourth-order valence-electron chi connectivity index (χ4n) is 2.27. The molecule has 0 heterocycles. The third kappa shape index (κ3) is 3.46. The van der Waals surface area contributed by atoms with E-state index in [2.05, 4.69) is 49.5 Å². The molecule has 0 amide bonds. The highest BCUT2D eigenvalue weighted by molar-refractivity contribution is 5.69. The van der Waals surface area contributed by atoms with Crippen molar-refractivity contribution in [2.24, 2.45) is 0 Å². The molecule has 0 bridgehead atoms. The fourth-order valence-corrected chi connectivity index (χ4v) is 2.27. The molecule has 0 radical (unpaired) electrons. The summed E-state index contributed by atoms with van der Waals surface area (Å²) in [5, 5.41) is 12.5. The van der Waals surface area contributed by atoms with Crippen LogP contribution in [0.25, 0.3) is 11.1 Å². The third-order valence-corrected chi connectivity index (χ3v) is 3.31. The van der Waals surface area contributed by atoms with E-state index in [-0.39, 0.29) is 0 Å². The summed E-state index contributed by atoms with van der Waals surface area (Å²) in [6.07, 6.45) is 1.13. The minimum atomic E-state index is 0.705. The Labute approximate surface area is 121 Å². The van der Waals surface area contributed by atoms with Crippen molar-refractivity contribution in [3.05, 3.63) is 59.2 Å². The normalized spacial score (nSPS) is 10.2. The third-order valence-electron chi connectivity index (χ3n) is 3.31. The number of hydrogen-bond acceptors (Lipinski definition) is 2. The Balaban J connectivity index is 2.37. The maximum Gasteiger partial charge on any atom is 0.0991 e. The van der Waals surface area contributed by atoms with E-state index in [1.54, 1.807) is 0 Å². The molecule has 2 aromatic rings. The number of hydrogen-bond donors (Lipinski definition) is 1. The SMILES string of the molecule is CCCNCc1ccc(C)cc1-c1cccc(C#N)c1. The Morgan fingerprint density at radius 2 is 2.00 bits per heavy atom. The molecule has 2 aromatic carbocycles. The first-order valence-corrected chi connectivity index (χ1v) is 7.05. The molecular weight excluding hydrogens is 244 g/mol. The Kier molecular flexibility index (Phi) is 4.92. The molecule has 0 unspecified atom stereocenters. The van der Waals surface area contributed by atoms with Crippen molar-refractivity contribution in [2.45, 2.75) is 26.8 Å². The smallest absolute Gasteiger partial charge is 0.0991 e. The highest BCUT2D eigenvalue weighted by Gasteiger charge is 2.06. The van der Waals surface area contributed by atoms with E-state index in [1.807, 2.05) is 18.2 Å². The molecule has 0 aliphatic heterocycles. The molecule has 0 saturated carbocycles. The minimum absolute atomic E-state index is 0.705. The Bertz CT molecular complexity index is 624. The molecule has 0 aliphatic rings. The second-order valence-corrected chi connectivity index (χ2v) is 5.03. The van der Waals surface area contributed by atoms with Crippen molar-refractivity contribution in [3.63, 3.8) is 0 Å². The largest absolute Gasteiger partial charge is 0.313 e. The van der Waals surface area contributed by atoms with E-state index < -0.39 is 0 Å². The second kappa shape index (κ2) is 6.88. The fraction of sp³-hybridized carbons (Fsp3) is 0.278. The zero-order valence-electron chi connectivity index (χ0n) is 12.1. The van der Waals surface area contributed by atoms with Gasteiger partial charge >= 0.3 is 0 Å². The summed E-state index contributed by atoms with van der Waals surface area (Å²) in [6.45, 7) is 6.14. The lowest BCUT2D eigenvalue weighted by atomic mass is 9.96. The first kappa shape index (κ1) is 14.3. The number of nitriles is 1. The van der Waals surface area contributed by atoms with Gasteiger partial charge in [-0.3, -0.25) is 0 Å². The maximum atomic E-state index is 9.04. The molecule has 0 saturated heterocycles. The summed E-state index contributed by atoms with van der Waals surface area (Å²) in [5.74, 6) is 0.